The highest BCUT2D eigenvalue weighted by molar-refractivity contribution is 5.26. The summed E-state index contributed by atoms with van der Waals surface area (Å²) in [5.74, 6) is 1.81. The molecule has 0 N–H and O–H groups in total. The van der Waals surface area contributed by atoms with Crippen LogP contribution in [0.4, 0.5) is 6.01 Å². The van der Waals surface area contributed by atoms with Crippen LogP contribution in [0.1, 0.15) is 70.5 Å². The van der Waals surface area contributed by atoms with Crippen LogP contribution in [0.3, 0.4) is 0 Å². The molecular formula is C17H29N3O2. The number of hydrogen-bond donors (Lipinski definition) is 0. The van der Waals surface area contributed by atoms with E-state index < -0.39 is 0 Å². The fraction of sp³-hybridized carbons (Fsp3) is 0.882. The SMILES string of the molecule is CC(C)c1noc(N2CCC(COC3CCCCC3)CC2)n1. The van der Waals surface area contributed by atoms with E-state index in [0.717, 1.165) is 38.4 Å². The third-order valence-electron chi connectivity index (χ3n) is 4.95. The first kappa shape index (κ1) is 15.8. The first-order chi connectivity index (χ1) is 10.7. The number of rotatable bonds is 5. The molecule has 0 spiro atoms. The average molecular weight is 307 g/mol. The number of ether oxygens (including phenoxy) is 1. The Balaban J connectivity index is 1.41. The summed E-state index contributed by atoms with van der Waals surface area (Å²) >= 11 is 0. The molecule has 1 saturated heterocycles. The quantitative estimate of drug-likeness (QED) is 0.829. The Morgan fingerprint density at radius 1 is 1.14 bits per heavy atom. The monoisotopic (exact) mass is 307 g/mol. The number of piperidine rings is 1. The van der Waals surface area contributed by atoms with Crippen molar-refractivity contribution in [3.63, 3.8) is 0 Å². The van der Waals surface area contributed by atoms with E-state index in [-0.39, 0.29) is 0 Å². The van der Waals surface area contributed by atoms with Crippen molar-refractivity contribution in [3.8, 4) is 0 Å². The third kappa shape index (κ3) is 4.00. The van der Waals surface area contributed by atoms with Crippen LogP contribution in [0.2, 0.25) is 0 Å². The Hall–Kier alpha value is -1.10. The molecule has 0 bridgehead atoms. The minimum Gasteiger partial charge on any atom is -0.378 e. The minimum absolute atomic E-state index is 0.318. The highest BCUT2D eigenvalue weighted by Crippen LogP contribution is 2.26. The van der Waals surface area contributed by atoms with Crippen LogP contribution >= 0.6 is 0 Å². The Kier molecular flexibility index (Phi) is 5.34. The van der Waals surface area contributed by atoms with Gasteiger partial charge in [0, 0.05) is 25.6 Å². The number of anilines is 1. The molecule has 0 atom stereocenters. The predicted octanol–water partition coefficient (Wildman–Crippen LogP) is 3.76. The van der Waals surface area contributed by atoms with E-state index in [1.807, 2.05) is 0 Å². The number of nitrogens with zero attached hydrogens (tertiary/aromatic N) is 3. The van der Waals surface area contributed by atoms with E-state index >= 15 is 0 Å². The average Bonchev–Trinajstić information content (AvgIpc) is 3.05. The summed E-state index contributed by atoms with van der Waals surface area (Å²) in [5.41, 5.74) is 0. The van der Waals surface area contributed by atoms with Crippen molar-refractivity contribution < 1.29 is 9.26 Å². The topological polar surface area (TPSA) is 51.4 Å². The van der Waals surface area contributed by atoms with Gasteiger partial charge in [-0.1, -0.05) is 38.3 Å². The van der Waals surface area contributed by atoms with Crippen LogP contribution in [0.5, 0.6) is 0 Å². The van der Waals surface area contributed by atoms with Gasteiger partial charge in [0.15, 0.2) is 5.82 Å². The molecule has 1 aromatic heterocycles. The molecule has 2 fully saturated rings. The van der Waals surface area contributed by atoms with Gasteiger partial charge in [0.2, 0.25) is 0 Å². The molecule has 124 valence electrons. The van der Waals surface area contributed by atoms with Crippen molar-refractivity contribution in [2.75, 3.05) is 24.6 Å². The van der Waals surface area contributed by atoms with Gasteiger partial charge in [0.25, 0.3) is 0 Å². The van der Waals surface area contributed by atoms with Gasteiger partial charge in [-0.05, 0) is 31.6 Å². The second-order valence-electron chi connectivity index (χ2n) is 7.11. The fourth-order valence-electron chi connectivity index (χ4n) is 3.38. The van der Waals surface area contributed by atoms with Gasteiger partial charge in [0.1, 0.15) is 0 Å². The van der Waals surface area contributed by atoms with E-state index in [9.17, 15) is 0 Å². The Morgan fingerprint density at radius 3 is 2.50 bits per heavy atom. The highest BCUT2D eigenvalue weighted by atomic mass is 16.5. The Morgan fingerprint density at radius 2 is 1.86 bits per heavy atom. The fourth-order valence-corrected chi connectivity index (χ4v) is 3.38. The molecular weight excluding hydrogens is 278 g/mol. The van der Waals surface area contributed by atoms with Crippen LogP contribution in [-0.4, -0.2) is 35.9 Å². The van der Waals surface area contributed by atoms with Crippen molar-refractivity contribution >= 4 is 6.01 Å². The van der Waals surface area contributed by atoms with Crippen LogP contribution in [-0.2, 0) is 4.74 Å². The lowest BCUT2D eigenvalue weighted by Crippen LogP contribution is -2.36. The van der Waals surface area contributed by atoms with Crippen LogP contribution in [0.15, 0.2) is 4.52 Å². The van der Waals surface area contributed by atoms with Gasteiger partial charge in [-0.25, -0.2) is 0 Å². The molecule has 5 nitrogen and oxygen atoms in total. The van der Waals surface area contributed by atoms with Gasteiger partial charge in [0.05, 0.1) is 6.10 Å². The normalized spacial score (nSPS) is 21.7. The van der Waals surface area contributed by atoms with Gasteiger partial charge >= 0.3 is 6.01 Å². The van der Waals surface area contributed by atoms with E-state index in [4.69, 9.17) is 9.26 Å². The third-order valence-corrected chi connectivity index (χ3v) is 4.95. The number of aromatic nitrogens is 2. The Bertz CT molecular complexity index is 447. The zero-order chi connectivity index (χ0) is 15.4. The smallest absolute Gasteiger partial charge is 0.324 e. The molecule has 0 radical (unpaired) electrons. The summed E-state index contributed by atoms with van der Waals surface area (Å²) in [7, 11) is 0. The highest BCUT2D eigenvalue weighted by Gasteiger charge is 2.24. The molecule has 5 heteroatoms. The lowest BCUT2D eigenvalue weighted by molar-refractivity contribution is 0.00343. The summed E-state index contributed by atoms with van der Waals surface area (Å²) < 4.78 is 11.5. The summed E-state index contributed by atoms with van der Waals surface area (Å²) in [5, 5.41) is 4.05. The second-order valence-corrected chi connectivity index (χ2v) is 7.11. The van der Waals surface area contributed by atoms with Gasteiger partial charge < -0.3 is 14.2 Å². The number of hydrogen-bond acceptors (Lipinski definition) is 5. The van der Waals surface area contributed by atoms with E-state index in [0.29, 0.717) is 24.0 Å². The zero-order valence-electron chi connectivity index (χ0n) is 14.0. The van der Waals surface area contributed by atoms with E-state index in [1.165, 1.54) is 32.1 Å². The lowest BCUT2D eigenvalue weighted by atomic mass is 9.96. The van der Waals surface area contributed by atoms with Gasteiger partial charge in [-0.2, -0.15) is 4.98 Å². The van der Waals surface area contributed by atoms with E-state index in [1.54, 1.807) is 0 Å². The summed E-state index contributed by atoms with van der Waals surface area (Å²) in [6.07, 6.45) is 9.45. The molecule has 22 heavy (non-hydrogen) atoms. The van der Waals surface area contributed by atoms with Crippen molar-refractivity contribution in [1.82, 2.24) is 10.1 Å². The molecule has 2 aliphatic rings. The lowest BCUT2D eigenvalue weighted by Gasteiger charge is -2.32. The molecule has 2 heterocycles. The van der Waals surface area contributed by atoms with Crippen molar-refractivity contribution in [2.45, 2.75) is 70.8 Å². The standard InChI is InChI=1S/C17H29N3O2/c1-13(2)16-18-17(22-19-16)20-10-8-14(9-11-20)12-21-15-6-4-3-5-7-15/h13-15H,3-12H2,1-2H3. The molecule has 0 unspecified atom stereocenters. The first-order valence-corrected chi connectivity index (χ1v) is 8.92. The molecule has 1 aromatic rings. The maximum Gasteiger partial charge on any atom is 0.324 e. The van der Waals surface area contributed by atoms with Crippen molar-refractivity contribution in [2.24, 2.45) is 5.92 Å². The van der Waals surface area contributed by atoms with Crippen LogP contribution < -0.4 is 4.90 Å². The van der Waals surface area contributed by atoms with Crippen molar-refractivity contribution in [3.05, 3.63) is 5.82 Å². The molecule has 0 amide bonds. The predicted molar refractivity (Wildman–Crippen MR) is 86.1 cm³/mol. The van der Waals surface area contributed by atoms with Gasteiger partial charge in [-0.3, -0.25) is 0 Å². The van der Waals surface area contributed by atoms with Crippen molar-refractivity contribution in [1.29, 1.82) is 0 Å². The molecule has 3 rings (SSSR count). The first-order valence-electron chi connectivity index (χ1n) is 8.92. The molecule has 1 aliphatic carbocycles. The van der Waals surface area contributed by atoms with Crippen LogP contribution in [0, 0.1) is 5.92 Å². The maximum absolute atomic E-state index is 6.13. The molecule has 0 aromatic carbocycles. The van der Waals surface area contributed by atoms with Crippen LogP contribution in [0.25, 0.3) is 0 Å². The molecule has 1 saturated carbocycles. The summed E-state index contributed by atoms with van der Waals surface area (Å²) in [6, 6.07) is 0.690. The maximum atomic E-state index is 6.13. The van der Waals surface area contributed by atoms with Gasteiger partial charge in [-0.15, -0.1) is 0 Å². The largest absolute Gasteiger partial charge is 0.378 e. The Labute approximate surface area is 133 Å². The minimum atomic E-state index is 0.318. The zero-order valence-corrected chi connectivity index (χ0v) is 14.0. The summed E-state index contributed by atoms with van der Waals surface area (Å²) in [6.45, 7) is 7.10. The second kappa shape index (κ2) is 7.44. The summed E-state index contributed by atoms with van der Waals surface area (Å²) in [4.78, 5) is 6.71. The van der Waals surface area contributed by atoms with E-state index in [2.05, 4.69) is 28.9 Å². The molecule has 1 aliphatic heterocycles.